The molecule has 0 unspecified atom stereocenters. The van der Waals surface area contributed by atoms with Crippen molar-refractivity contribution in [2.24, 2.45) is 16.5 Å². The largest absolute Gasteiger partial charge is 0.442 e. The van der Waals surface area contributed by atoms with Crippen LogP contribution in [0.15, 0.2) is 23.2 Å². The molecule has 30 heavy (non-hydrogen) atoms. The molecule has 2 saturated heterocycles. The summed E-state index contributed by atoms with van der Waals surface area (Å²) < 4.78 is 20.0. The third-order valence-electron chi connectivity index (χ3n) is 4.81. The SMILES string of the molecule is CC(=O)NC[C@H]1CN(c2ccc(N3CCN(C(=O)N=C(N)N)CC3)c(F)c2)C(=O)O1. The fourth-order valence-corrected chi connectivity index (χ4v) is 3.34. The number of nitrogens with one attached hydrogen (secondary N) is 1. The number of benzene rings is 1. The zero-order valence-electron chi connectivity index (χ0n) is 16.5. The highest BCUT2D eigenvalue weighted by atomic mass is 19.1. The van der Waals surface area contributed by atoms with Gasteiger partial charge in [-0.1, -0.05) is 0 Å². The van der Waals surface area contributed by atoms with E-state index in [9.17, 15) is 18.8 Å². The number of nitrogens with two attached hydrogens (primary N) is 2. The molecular formula is C18H24FN7O4. The third-order valence-corrected chi connectivity index (χ3v) is 4.81. The van der Waals surface area contributed by atoms with Gasteiger partial charge in [0, 0.05) is 33.1 Å². The van der Waals surface area contributed by atoms with Crippen molar-refractivity contribution in [2.45, 2.75) is 13.0 Å². The summed E-state index contributed by atoms with van der Waals surface area (Å²) in [6, 6.07) is 3.98. The Kier molecular flexibility index (Phi) is 6.23. The molecule has 0 bridgehead atoms. The van der Waals surface area contributed by atoms with E-state index in [1.54, 1.807) is 17.0 Å². The van der Waals surface area contributed by atoms with E-state index >= 15 is 0 Å². The zero-order valence-corrected chi connectivity index (χ0v) is 16.5. The average molecular weight is 421 g/mol. The van der Waals surface area contributed by atoms with Crippen molar-refractivity contribution >= 4 is 35.4 Å². The molecule has 11 nitrogen and oxygen atoms in total. The molecule has 0 aromatic heterocycles. The van der Waals surface area contributed by atoms with E-state index in [2.05, 4.69) is 10.3 Å². The van der Waals surface area contributed by atoms with E-state index in [1.807, 2.05) is 0 Å². The van der Waals surface area contributed by atoms with Crippen LogP contribution in [0.4, 0.5) is 25.4 Å². The number of nitrogens with zero attached hydrogens (tertiary/aromatic N) is 4. The van der Waals surface area contributed by atoms with E-state index in [4.69, 9.17) is 16.2 Å². The van der Waals surface area contributed by atoms with Crippen LogP contribution in [-0.4, -0.2) is 74.3 Å². The molecule has 0 aliphatic carbocycles. The normalized spacial score (nSPS) is 18.8. The van der Waals surface area contributed by atoms with E-state index in [-0.39, 0.29) is 25.0 Å². The van der Waals surface area contributed by atoms with Crippen molar-refractivity contribution < 1.29 is 23.5 Å². The number of amides is 4. The van der Waals surface area contributed by atoms with Crippen molar-refractivity contribution in [1.82, 2.24) is 10.2 Å². The van der Waals surface area contributed by atoms with Crippen molar-refractivity contribution in [2.75, 3.05) is 49.1 Å². The predicted molar refractivity (Wildman–Crippen MR) is 108 cm³/mol. The molecule has 0 spiro atoms. The Morgan fingerprint density at radius 2 is 1.97 bits per heavy atom. The number of rotatable bonds is 4. The van der Waals surface area contributed by atoms with Gasteiger partial charge in [-0.05, 0) is 18.2 Å². The zero-order chi connectivity index (χ0) is 21.8. The molecule has 2 aliphatic heterocycles. The summed E-state index contributed by atoms with van der Waals surface area (Å²) >= 11 is 0. The van der Waals surface area contributed by atoms with Gasteiger partial charge in [-0.2, -0.15) is 4.99 Å². The quantitative estimate of drug-likeness (QED) is 0.451. The molecule has 1 atom stereocenters. The number of hydrogen-bond acceptors (Lipinski definition) is 5. The lowest BCUT2D eigenvalue weighted by Crippen LogP contribution is -2.48. The third kappa shape index (κ3) is 4.88. The van der Waals surface area contributed by atoms with Gasteiger partial charge in [0.25, 0.3) is 0 Å². The Morgan fingerprint density at radius 1 is 1.27 bits per heavy atom. The minimum Gasteiger partial charge on any atom is -0.442 e. The van der Waals surface area contributed by atoms with Crippen LogP contribution in [0.25, 0.3) is 0 Å². The fraction of sp³-hybridized carbons (Fsp3) is 0.444. The molecule has 2 aliphatic rings. The van der Waals surface area contributed by atoms with Gasteiger partial charge in [-0.25, -0.2) is 14.0 Å². The lowest BCUT2D eigenvalue weighted by atomic mass is 10.2. The molecule has 2 fully saturated rings. The first-order valence-electron chi connectivity index (χ1n) is 9.40. The van der Waals surface area contributed by atoms with Crippen LogP contribution in [0.5, 0.6) is 0 Å². The summed E-state index contributed by atoms with van der Waals surface area (Å²) in [5, 5.41) is 2.59. The molecule has 0 saturated carbocycles. The molecule has 0 radical (unpaired) electrons. The first-order valence-corrected chi connectivity index (χ1v) is 9.40. The number of guanidine groups is 1. The molecule has 5 N–H and O–H groups in total. The van der Waals surface area contributed by atoms with Crippen LogP contribution in [0, 0.1) is 5.82 Å². The lowest BCUT2D eigenvalue weighted by molar-refractivity contribution is -0.119. The van der Waals surface area contributed by atoms with Gasteiger partial charge in [0.2, 0.25) is 5.91 Å². The Labute approximate surface area is 172 Å². The van der Waals surface area contributed by atoms with Crippen molar-refractivity contribution in [3.8, 4) is 0 Å². The van der Waals surface area contributed by atoms with Gasteiger partial charge < -0.3 is 31.3 Å². The lowest BCUT2D eigenvalue weighted by Gasteiger charge is -2.35. The van der Waals surface area contributed by atoms with Crippen molar-refractivity contribution in [3.63, 3.8) is 0 Å². The van der Waals surface area contributed by atoms with Crippen LogP contribution < -0.4 is 26.6 Å². The first kappa shape index (κ1) is 21.1. The highest BCUT2D eigenvalue weighted by Crippen LogP contribution is 2.28. The van der Waals surface area contributed by atoms with Crippen molar-refractivity contribution in [1.29, 1.82) is 0 Å². The topological polar surface area (TPSA) is 147 Å². The number of ether oxygens (including phenoxy) is 1. The number of carbonyl (C=O) groups excluding carboxylic acids is 3. The maximum Gasteiger partial charge on any atom is 0.414 e. The van der Waals surface area contributed by atoms with Crippen LogP contribution in [0.2, 0.25) is 0 Å². The van der Waals surface area contributed by atoms with Gasteiger partial charge in [0.05, 0.1) is 24.5 Å². The molecular weight excluding hydrogens is 397 g/mol. The molecule has 1 aromatic carbocycles. The number of urea groups is 1. The van der Waals surface area contributed by atoms with E-state index in [0.717, 1.165) is 0 Å². The van der Waals surface area contributed by atoms with Crippen LogP contribution in [-0.2, 0) is 9.53 Å². The molecule has 4 amide bonds. The maximum atomic E-state index is 14.8. The minimum atomic E-state index is -0.593. The fourth-order valence-electron chi connectivity index (χ4n) is 3.34. The summed E-state index contributed by atoms with van der Waals surface area (Å²) in [6.07, 6.45) is -1.09. The van der Waals surface area contributed by atoms with Gasteiger partial charge in [-0.15, -0.1) is 0 Å². The highest BCUT2D eigenvalue weighted by molar-refractivity contribution is 5.91. The summed E-state index contributed by atoms with van der Waals surface area (Å²) in [5.41, 5.74) is 11.2. The Balaban J connectivity index is 1.62. The number of hydrogen-bond donors (Lipinski definition) is 3. The summed E-state index contributed by atoms with van der Waals surface area (Å²) in [5.74, 6) is -1.02. The standard InChI is InChI=1S/C18H24FN7O4/c1-11(27)22-9-13-10-26(18(29)30-13)12-2-3-15(14(19)8-12)24-4-6-25(7-5-24)17(28)23-16(20)21/h2-3,8,13H,4-7,9-10H2,1H3,(H,22,27)(H4,20,21,23,28)/t13-/m0/s1. The average Bonchev–Trinajstić information content (AvgIpc) is 3.06. The number of halogens is 1. The number of piperazine rings is 1. The van der Waals surface area contributed by atoms with Crippen LogP contribution in [0.1, 0.15) is 6.92 Å². The molecule has 2 heterocycles. The smallest absolute Gasteiger partial charge is 0.414 e. The van der Waals surface area contributed by atoms with E-state index in [0.29, 0.717) is 37.6 Å². The highest BCUT2D eigenvalue weighted by Gasteiger charge is 2.33. The monoisotopic (exact) mass is 421 g/mol. The number of anilines is 2. The van der Waals surface area contributed by atoms with Gasteiger partial charge in [-0.3, -0.25) is 9.69 Å². The molecule has 162 valence electrons. The van der Waals surface area contributed by atoms with E-state index in [1.165, 1.54) is 22.8 Å². The maximum absolute atomic E-state index is 14.8. The summed E-state index contributed by atoms with van der Waals surface area (Å²) in [6.45, 7) is 3.29. The molecule has 1 aromatic rings. The Bertz CT molecular complexity index is 866. The first-order chi connectivity index (χ1) is 14.2. The number of carbonyl (C=O) groups is 3. The summed E-state index contributed by atoms with van der Waals surface area (Å²) in [4.78, 5) is 43.1. The Hall–Kier alpha value is -3.57. The second-order valence-electron chi connectivity index (χ2n) is 6.98. The molecule has 3 rings (SSSR count). The van der Waals surface area contributed by atoms with Gasteiger partial charge >= 0.3 is 12.1 Å². The number of aliphatic imine (C=N–C) groups is 1. The van der Waals surface area contributed by atoms with Crippen LogP contribution >= 0.6 is 0 Å². The van der Waals surface area contributed by atoms with E-state index < -0.39 is 24.0 Å². The predicted octanol–water partition coefficient (Wildman–Crippen LogP) is -0.198. The van der Waals surface area contributed by atoms with Crippen LogP contribution in [0.3, 0.4) is 0 Å². The Morgan fingerprint density at radius 3 is 2.57 bits per heavy atom. The summed E-state index contributed by atoms with van der Waals surface area (Å²) in [7, 11) is 0. The number of cyclic esters (lactones) is 1. The van der Waals surface area contributed by atoms with Gasteiger partial charge in [0.1, 0.15) is 11.9 Å². The second-order valence-corrected chi connectivity index (χ2v) is 6.98. The van der Waals surface area contributed by atoms with Gasteiger partial charge in [0.15, 0.2) is 5.96 Å². The second kappa shape index (κ2) is 8.84. The van der Waals surface area contributed by atoms with Crippen molar-refractivity contribution in [3.05, 3.63) is 24.0 Å². The minimum absolute atomic E-state index is 0.195. The molecule has 12 heteroatoms.